The second-order valence-electron chi connectivity index (χ2n) is 5.55. The minimum atomic E-state index is -1.01. The number of carbonyl (C=O) groups excluding carboxylic acids is 1. The van der Waals surface area contributed by atoms with Crippen LogP contribution in [-0.4, -0.2) is 24.1 Å². The first-order valence-corrected chi connectivity index (χ1v) is 7.72. The first-order valence-electron chi connectivity index (χ1n) is 7.72. The Labute approximate surface area is 144 Å². The van der Waals surface area contributed by atoms with Crippen molar-refractivity contribution in [3.63, 3.8) is 0 Å². The number of rotatable bonds is 6. The number of hydrogen-bond donors (Lipinski definition) is 2. The third-order valence-electron chi connectivity index (χ3n) is 3.85. The molecule has 25 heavy (non-hydrogen) atoms. The van der Waals surface area contributed by atoms with Gasteiger partial charge in [-0.3, -0.25) is 9.59 Å². The van der Waals surface area contributed by atoms with Gasteiger partial charge in [0.25, 0.3) is 5.91 Å². The number of para-hydroxylation sites is 1. The van der Waals surface area contributed by atoms with E-state index in [-0.39, 0.29) is 12.2 Å². The van der Waals surface area contributed by atoms with E-state index in [0.717, 1.165) is 5.39 Å². The quantitative estimate of drug-likeness (QED) is 0.718. The molecule has 128 valence electrons. The molecule has 1 heterocycles. The number of ether oxygens (including phenoxy) is 1. The van der Waals surface area contributed by atoms with E-state index in [1.165, 1.54) is 0 Å². The van der Waals surface area contributed by atoms with Crippen LogP contribution in [-0.2, 0) is 4.79 Å². The number of methoxy groups -OCH3 is 1. The summed E-state index contributed by atoms with van der Waals surface area (Å²) >= 11 is 0. The highest BCUT2D eigenvalue weighted by molar-refractivity contribution is 5.96. The summed E-state index contributed by atoms with van der Waals surface area (Å²) in [5.41, 5.74) is 1.28. The minimum absolute atomic E-state index is 0.144. The Morgan fingerprint density at radius 2 is 1.88 bits per heavy atom. The van der Waals surface area contributed by atoms with Gasteiger partial charge in [0.15, 0.2) is 5.76 Å². The molecule has 0 saturated heterocycles. The first kappa shape index (κ1) is 16.6. The van der Waals surface area contributed by atoms with Gasteiger partial charge in [-0.25, -0.2) is 0 Å². The summed E-state index contributed by atoms with van der Waals surface area (Å²) in [4.78, 5) is 23.6. The van der Waals surface area contributed by atoms with Gasteiger partial charge in [0, 0.05) is 5.39 Å². The van der Waals surface area contributed by atoms with Crippen molar-refractivity contribution in [2.75, 3.05) is 7.11 Å². The molecule has 6 heteroatoms. The molecule has 2 aromatic carbocycles. The van der Waals surface area contributed by atoms with Gasteiger partial charge >= 0.3 is 5.97 Å². The molecule has 0 aliphatic carbocycles. The zero-order valence-electron chi connectivity index (χ0n) is 13.6. The number of nitrogens with one attached hydrogen (secondary N) is 1. The molecular weight excluding hydrogens is 322 g/mol. The zero-order valence-corrected chi connectivity index (χ0v) is 13.6. The number of furan rings is 1. The number of carboxylic acids is 1. The molecule has 0 unspecified atom stereocenters. The predicted octanol–water partition coefficient (Wildman–Crippen LogP) is 3.39. The van der Waals surface area contributed by atoms with Gasteiger partial charge in [-0.15, -0.1) is 0 Å². The summed E-state index contributed by atoms with van der Waals surface area (Å²) in [6.07, 6.45) is -0.238. The Kier molecular flexibility index (Phi) is 4.70. The zero-order chi connectivity index (χ0) is 17.8. The second-order valence-corrected chi connectivity index (χ2v) is 5.55. The molecule has 0 radical (unpaired) electrons. The van der Waals surface area contributed by atoms with Crippen LogP contribution in [0.1, 0.15) is 28.6 Å². The van der Waals surface area contributed by atoms with E-state index >= 15 is 0 Å². The van der Waals surface area contributed by atoms with E-state index < -0.39 is 17.9 Å². The van der Waals surface area contributed by atoms with Gasteiger partial charge in [0.2, 0.25) is 0 Å². The fourth-order valence-corrected chi connectivity index (χ4v) is 2.59. The van der Waals surface area contributed by atoms with Crippen molar-refractivity contribution in [3.8, 4) is 5.75 Å². The molecule has 0 aliphatic heterocycles. The SMILES string of the molecule is COc1ccc([C@@H](CC(=O)O)NC(=O)c2cc3ccccc3o2)cc1. The molecule has 1 aromatic heterocycles. The van der Waals surface area contributed by atoms with E-state index in [1.54, 1.807) is 43.5 Å². The third-order valence-corrected chi connectivity index (χ3v) is 3.85. The number of benzene rings is 2. The lowest BCUT2D eigenvalue weighted by Crippen LogP contribution is -2.29. The lowest BCUT2D eigenvalue weighted by molar-refractivity contribution is -0.137. The number of fused-ring (bicyclic) bond motifs is 1. The molecule has 0 bridgehead atoms. The molecule has 6 nitrogen and oxygen atoms in total. The van der Waals surface area contributed by atoms with Crippen molar-refractivity contribution in [2.45, 2.75) is 12.5 Å². The highest BCUT2D eigenvalue weighted by Gasteiger charge is 2.21. The second kappa shape index (κ2) is 7.09. The fraction of sp³-hybridized carbons (Fsp3) is 0.158. The van der Waals surface area contributed by atoms with Crippen LogP contribution in [0.15, 0.2) is 59.0 Å². The molecule has 0 aliphatic rings. The Morgan fingerprint density at radius 1 is 1.16 bits per heavy atom. The number of carbonyl (C=O) groups is 2. The Balaban J connectivity index is 1.83. The summed E-state index contributed by atoms with van der Waals surface area (Å²) in [5, 5.41) is 12.7. The fourth-order valence-electron chi connectivity index (χ4n) is 2.59. The largest absolute Gasteiger partial charge is 0.497 e. The number of hydrogen-bond acceptors (Lipinski definition) is 4. The minimum Gasteiger partial charge on any atom is -0.497 e. The summed E-state index contributed by atoms with van der Waals surface area (Å²) < 4.78 is 10.6. The van der Waals surface area contributed by atoms with Gasteiger partial charge in [0.1, 0.15) is 11.3 Å². The molecule has 0 saturated carbocycles. The molecule has 0 spiro atoms. The average molecular weight is 339 g/mol. The van der Waals surface area contributed by atoms with Gasteiger partial charge in [0.05, 0.1) is 19.6 Å². The smallest absolute Gasteiger partial charge is 0.305 e. The van der Waals surface area contributed by atoms with Crippen molar-refractivity contribution in [2.24, 2.45) is 0 Å². The predicted molar refractivity (Wildman–Crippen MR) is 91.7 cm³/mol. The maximum atomic E-state index is 12.5. The summed E-state index contributed by atoms with van der Waals surface area (Å²) in [6.45, 7) is 0. The highest BCUT2D eigenvalue weighted by Crippen LogP contribution is 2.23. The van der Waals surface area contributed by atoms with Crippen LogP contribution in [0.3, 0.4) is 0 Å². The van der Waals surface area contributed by atoms with E-state index in [4.69, 9.17) is 14.3 Å². The molecule has 0 fully saturated rings. The Bertz CT molecular complexity index is 865. The number of aliphatic carboxylic acids is 1. The average Bonchev–Trinajstić information content (AvgIpc) is 3.05. The maximum Gasteiger partial charge on any atom is 0.305 e. The van der Waals surface area contributed by atoms with Crippen molar-refractivity contribution in [1.29, 1.82) is 0 Å². The molecule has 2 N–H and O–H groups in total. The molecule has 3 rings (SSSR count). The van der Waals surface area contributed by atoms with E-state index in [1.807, 2.05) is 18.2 Å². The first-order chi connectivity index (χ1) is 12.1. The summed E-state index contributed by atoms with van der Waals surface area (Å²) in [5.74, 6) is -0.671. The standard InChI is InChI=1S/C19H17NO5/c1-24-14-8-6-12(7-9-14)15(11-18(21)22)20-19(23)17-10-13-4-2-3-5-16(13)25-17/h2-10,15H,11H2,1H3,(H,20,23)(H,21,22)/t15-/m1/s1. The Hall–Kier alpha value is -3.28. The van der Waals surface area contributed by atoms with E-state index in [2.05, 4.69) is 5.32 Å². The highest BCUT2D eigenvalue weighted by atomic mass is 16.5. The van der Waals surface area contributed by atoms with Crippen LogP contribution in [0.25, 0.3) is 11.0 Å². The van der Waals surface area contributed by atoms with Crippen LogP contribution < -0.4 is 10.1 Å². The lowest BCUT2D eigenvalue weighted by atomic mass is 10.0. The molecule has 1 atom stereocenters. The lowest BCUT2D eigenvalue weighted by Gasteiger charge is -2.17. The van der Waals surface area contributed by atoms with E-state index in [9.17, 15) is 9.59 Å². The summed E-state index contributed by atoms with van der Waals surface area (Å²) in [7, 11) is 1.55. The van der Waals surface area contributed by atoms with Gasteiger partial charge in [-0.05, 0) is 29.8 Å². The maximum absolute atomic E-state index is 12.5. The monoisotopic (exact) mass is 339 g/mol. The topological polar surface area (TPSA) is 88.8 Å². The number of amides is 1. The Morgan fingerprint density at radius 3 is 2.52 bits per heavy atom. The van der Waals surface area contributed by atoms with Crippen LogP contribution >= 0.6 is 0 Å². The van der Waals surface area contributed by atoms with Crippen molar-refractivity contribution >= 4 is 22.8 Å². The normalized spacial score (nSPS) is 11.9. The van der Waals surface area contributed by atoms with Crippen molar-refractivity contribution < 1.29 is 23.8 Å². The van der Waals surface area contributed by atoms with Crippen LogP contribution in [0.4, 0.5) is 0 Å². The molecular formula is C19H17NO5. The summed E-state index contributed by atoms with van der Waals surface area (Å²) in [6, 6.07) is 15.1. The molecule has 1 amide bonds. The van der Waals surface area contributed by atoms with Crippen LogP contribution in [0, 0.1) is 0 Å². The van der Waals surface area contributed by atoms with Gasteiger partial charge < -0.3 is 19.6 Å². The van der Waals surface area contributed by atoms with E-state index in [0.29, 0.717) is 16.9 Å². The van der Waals surface area contributed by atoms with Gasteiger partial charge in [-0.2, -0.15) is 0 Å². The van der Waals surface area contributed by atoms with Crippen molar-refractivity contribution in [1.82, 2.24) is 5.32 Å². The number of carboxylic acid groups (broad SMARTS) is 1. The molecule has 3 aromatic rings. The van der Waals surface area contributed by atoms with Gasteiger partial charge in [-0.1, -0.05) is 30.3 Å². The van der Waals surface area contributed by atoms with Crippen LogP contribution in [0.2, 0.25) is 0 Å². The van der Waals surface area contributed by atoms with Crippen molar-refractivity contribution in [3.05, 3.63) is 65.9 Å². The van der Waals surface area contributed by atoms with Crippen LogP contribution in [0.5, 0.6) is 5.75 Å². The third kappa shape index (κ3) is 3.80.